The Labute approximate surface area is 158 Å². The number of hydrogen-bond acceptors (Lipinski definition) is 1. The molecule has 0 radical (unpaired) electrons. The van der Waals surface area contributed by atoms with E-state index >= 15 is 0 Å². The molecule has 0 unspecified atom stereocenters. The van der Waals surface area contributed by atoms with Gasteiger partial charge in [-0.05, 0) is 18.4 Å². The molecule has 0 amide bonds. The SMILES string of the molecule is CN=C(NCCC(F)(F)F)N1CCC(=Cc2ccccc2)CC1.I. The summed E-state index contributed by atoms with van der Waals surface area (Å²) < 4.78 is 36.6. The molecule has 0 atom stereocenters. The topological polar surface area (TPSA) is 27.6 Å². The largest absolute Gasteiger partial charge is 0.390 e. The lowest BCUT2D eigenvalue weighted by atomic mass is 10.0. The Morgan fingerprint density at radius 1 is 1.21 bits per heavy atom. The molecule has 0 saturated carbocycles. The number of guanidine groups is 1. The molecule has 1 heterocycles. The molecule has 0 bridgehead atoms. The Hall–Kier alpha value is -1.25. The molecule has 3 nitrogen and oxygen atoms in total. The summed E-state index contributed by atoms with van der Waals surface area (Å²) in [7, 11) is 1.60. The fraction of sp³-hybridized carbons (Fsp3) is 0.471. The molecule has 1 saturated heterocycles. The van der Waals surface area contributed by atoms with E-state index in [1.165, 1.54) is 11.1 Å². The number of rotatable bonds is 3. The molecule has 134 valence electrons. The van der Waals surface area contributed by atoms with Crippen molar-refractivity contribution in [1.82, 2.24) is 10.2 Å². The summed E-state index contributed by atoms with van der Waals surface area (Å²) in [5.74, 6) is 0.549. The Bertz CT molecular complexity index is 546. The zero-order chi connectivity index (χ0) is 16.7. The van der Waals surface area contributed by atoms with Crippen molar-refractivity contribution in [2.45, 2.75) is 25.4 Å². The van der Waals surface area contributed by atoms with E-state index in [0.29, 0.717) is 5.96 Å². The molecular weight excluding hydrogens is 430 g/mol. The monoisotopic (exact) mass is 453 g/mol. The highest BCUT2D eigenvalue weighted by atomic mass is 127. The van der Waals surface area contributed by atoms with Crippen LogP contribution in [0, 0.1) is 0 Å². The number of hydrogen-bond donors (Lipinski definition) is 1. The lowest BCUT2D eigenvalue weighted by Gasteiger charge is -2.31. The number of nitrogens with zero attached hydrogens (tertiary/aromatic N) is 2. The summed E-state index contributed by atoms with van der Waals surface area (Å²) in [6, 6.07) is 10.1. The average Bonchev–Trinajstić information content (AvgIpc) is 2.53. The van der Waals surface area contributed by atoms with Crippen LogP contribution in [0.5, 0.6) is 0 Å². The molecular formula is C17H23F3IN3. The number of benzene rings is 1. The molecule has 7 heteroatoms. The van der Waals surface area contributed by atoms with Gasteiger partial charge in [0.15, 0.2) is 5.96 Å². The molecule has 1 aliphatic heterocycles. The second kappa shape index (κ2) is 9.90. The number of piperidine rings is 1. The van der Waals surface area contributed by atoms with Crippen LogP contribution in [0.3, 0.4) is 0 Å². The number of halogens is 4. The van der Waals surface area contributed by atoms with E-state index in [0.717, 1.165) is 25.9 Å². The van der Waals surface area contributed by atoms with Gasteiger partial charge in [-0.2, -0.15) is 13.2 Å². The second-order valence-corrected chi connectivity index (χ2v) is 5.54. The van der Waals surface area contributed by atoms with Gasteiger partial charge in [-0.1, -0.05) is 42.0 Å². The molecule has 1 N–H and O–H groups in total. The van der Waals surface area contributed by atoms with Crippen molar-refractivity contribution >= 4 is 36.0 Å². The molecule has 0 spiro atoms. The Kier molecular flexibility index (Phi) is 8.58. The van der Waals surface area contributed by atoms with E-state index in [1.807, 2.05) is 23.1 Å². The van der Waals surface area contributed by atoms with E-state index in [4.69, 9.17) is 0 Å². The van der Waals surface area contributed by atoms with Crippen molar-refractivity contribution in [3.05, 3.63) is 41.5 Å². The lowest BCUT2D eigenvalue weighted by Crippen LogP contribution is -2.45. The van der Waals surface area contributed by atoms with Gasteiger partial charge in [-0.3, -0.25) is 4.99 Å². The summed E-state index contributed by atoms with van der Waals surface area (Å²) in [5.41, 5.74) is 2.54. The van der Waals surface area contributed by atoms with Crippen molar-refractivity contribution in [2.24, 2.45) is 4.99 Å². The predicted molar refractivity (Wildman–Crippen MR) is 103 cm³/mol. The maximum absolute atomic E-state index is 12.2. The van der Waals surface area contributed by atoms with Crippen molar-refractivity contribution in [2.75, 3.05) is 26.7 Å². The van der Waals surface area contributed by atoms with Gasteiger partial charge in [0.1, 0.15) is 0 Å². The number of aliphatic imine (C=N–C) groups is 1. The second-order valence-electron chi connectivity index (χ2n) is 5.54. The van der Waals surface area contributed by atoms with Crippen molar-refractivity contribution in [1.29, 1.82) is 0 Å². The van der Waals surface area contributed by atoms with Crippen molar-refractivity contribution < 1.29 is 13.2 Å². The third-order valence-corrected chi connectivity index (χ3v) is 3.78. The minimum absolute atomic E-state index is 0. The van der Waals surface area contributed by atoms with Crippen molar-refractivity contribution in [3.63, 3.8) is 0 Å². The van der Waals surface area contributed by atoms with Crippen LogP contribution in [-0.2, 0) is 0 Å². The average molecular weight is 453 g/mol. The van der Waals surface area contributed by atoms with Gasteiger partial charge in [0.2, 0.25) is 0 Å². The Morgan fingerprint density at radius 3 is 2.38 bits per heavy atom. The minimum Gasteiger partial charge on any atom is -0.356 e. The minimum atomic E-state index is -4.14. The smallest absolute Gasteiger partial charge is 0.356 e. The van der Waals surface area contributed by atoms with E-state index in [1.54, 1.807) is 7.05 Å². The zero-order valence-electron chi connectivity index (χ0n) is 13.6. The molecule has 1 aromatic carbocycles. The molecule has 0 aromatic heterocycles. The maximum Gasteiger partial charge on any atom is 0.390 e. The van der Waals surface area contributed by atoms with Gasteiger partial charge in [-0.25, -0.2) is 0 Å². The first-order valence-corrected chi connectivity index (χ1v) is 7.75. The number of likely N-dealkylation sites (tertiary alicyclic amines) is 1. The summed E-state index contributed by atoms with van der Waals surface area (Å²) in [4.78, 5) is 6.10. The summed E-state index contributed by atoms with van der Waals surface area (Å²) in [5, 5.41) is 2.80. The summed E-state index contributed by atoms with van der Waals surface area (Å²) in [6.45, 7) is 1.40. The molecule has 1 fully saturated rings. The fourth-order valence-electron chi connectivity index (χ4n) is 2.58. The van der Waals surface area contributed by atoms with Crippen LogP contribution in [0.25, 0.3) is 6.08 Å². The van der Waals surface area contributed by atoms with Crippen LogP contribution < -0.4 is 5.32 Å². The molecule has 2 rings (SSSR count). The third kappa shape index (κ3) is 7.11. The molecule has 24 heavy (non-hydrogen) atoms. The Balaban J connectivity index is 0.00000288. The van der Waals surface area contributed by atoms with Crippen LogP contribution in [0.2, 0.25) is 0 Å². The zero-order valence-corrected chi connectivity index (χ0v) is 16.0. The first-order chi connectivity index (χ1) is 11.0. The highest BCUT2D eigenvalue weighted by molar-refractivity contribution is 14.0. The molecule has 1 aliphatic rings. The molecule has 1 aromatic rings. The predicted octanol–water partition coefficient (Wildman–Crippen LogP) is 4.31. The maximum atomic E-state index is 12.2. The quantitative estimate of drug-likeness (QED) is 0.420. The van der Waals surface area contributed by atoms with Crippen LogP contribution in [0.1, 0.15) is 24.8 Å². The molecule has 0 aliphatic carbocycles. The first-order valence-electron chi connectivity index (χ1n) is 7.75. The highest BCUT2D eigenvalue weighted by Crippen LogP contribution is 2.20. The fourth-order valence-corrected chi connectivity index (χ4v) is 2.58. The van der Waals surface area contributed by atoms with Crippen LogP contribution in [0.15, 0.2) is 40.9 Å². The highest BCUT2D eigenvalue weighted by Gasteiger charge is 2.27. The van der Waals surface area contributed by atoms with E-state index in [2.05, 4.69) is 28.5 Å². The van der Waals surface area contributed by atoms with E-state index < -0.39 is 12.6 Å². The van der Waals surface area contributed by atoms with Gasteiger partial charge >= 0.3 is 6.18 Å². The number of nitrogens with one attached hydrogen (secondary N) is 1. The Morgan fingerprint density at radius 2 is 1.83 bits per heavy atom. The van der Waals surface area contributed by atoms with Gasteiger partial charge in [0, 0.05) is 26.7 Å². The van der Waals surface area contributed by atoms with Crippen LogP contribution in [0.4, 0.5) is 13.2 Å². The van der Waals surface area contributed by atoms with Gasteiger partial charge in [-0.15, -0.1) is 24.0 Å². The van der Waals surface area contributed by atoms with E-state index in [-0.39, 0.29) is 30.5 Å². The first kappa shape index (κ1) is 20.8. The summed E-state index contributed by atoms with van der Waals surface area (Å²) in [6.07, 6.45) is -1.00. The number of alkyl halides is 3. The van der Waals surface area contributed by atoms with Crippen LogP contribution >= 0.6 is 24.0 Å². The lowest BCUT2D eigenvalue weighted by molar-refractivity contribution is -0.132. The standard InChI is InChI=1S/C17H22F3N3.HI/c1-21-16(22-10-9-17(18,19)20)23-11-7-15(8-12-23)13-14-5-3-2-4-6-14;/h2-6,13H,7-12H2,1H3,(H,21,22);1H. The van der Waals surface area contributed by atoms with Gasteiger partial charge in [0.05, 0.1) is 6.42 Å². The van der Waals surface area contributed by atoms with Crippen LogP contribution in [-0.4, -0.2) is 43.7 Å². The van der Waals surface area contributed by atoms with E-state index in [9.17, 15) is 13.2 Å². The van der Waals surface area contributed by atoms with Crippen molar-refractivity contribution in [3.8, 4) is 0 Å². The van der Waals surface area contributed by atoms with Gasteiger partial charge in [0.25, 0.3) is 0 Å². The van der Waals surface area contributed by atoms with Gasteiger partial charge < -0.3 is 10.2 Å². The summed E-state index contributed by atoms with van der Waals surface area (Å²) >= 11 is 0. The third-order valence-electron chi connectivity index (χ3n) is 3.78. The normalized spacial score (nSPS) is 15.8.